The van der Waals surface area contributed by atoms with Gasteiger partial charge in [0.1, 0.15) is 0 Å². The third-order valence-corrected chi connectivity index (χ3v) is 3.57. The molecule has 2 aliphatic rings. The quantitative estimate of drug-likeness (QED) is 0.685. The van der Waals surface area contributed by atoms with Crippen LogP contribution in [0.1, 0.15) is 39.5 Å². The van der Waals surface area contributed by atoms with Crippen LogP contribution in [0.2, 0.25) is 0 Å². The minimum Gasteiger partial charge on any atom is -0.378 e. The zero-order chi connectivity index (χ0) is 9.97. The van der Waals surface area contributed by atoms with E-state index < -0.39 is 0 Å². The molecule has 0 aromatic rings. The number of ether oxygens (including phenoxy) is 1. The van der Waals surface area contributed by atoms with Gasteiger partial charge in [0.05, 0.1) is 12.7 Å². The van der Waals surface area contributed by atoms with Crippen molar-refractivity contribution in [2.45, 2.75) is 51.7 Å². The zero-order valence-electron chi connectivity index (χ0n) is 9.54. The largest absolute Gasteiger partial charge is 0.378 e. The molecule has 0 N–H and O–H groups in total. The van der Waals surface area contributed by atoms with Crippen LogP contribution < -0.4 is 0 Å². The molecule has 1 aliphatic heterocycles. The van der Waals surface area contributed by atoms with Crippen molar-refractivity contribution in [2.75, 3.05) is 19.7 Å². The van der Waals surface area contributed by atoms with Crippen molar-refractivity contribution in [3.05, 3.63) is 0 Å². The van der Waals surface area contributed by atoms with E-state index in [-0.39, 0.29) is 0 Å². The molecule has 1 atom stereocenters. The van der Waals surface area contributed by atoms with Crippen molar-refractivity contribution in [2.24, 2.45) is 5.92 Å². The summed E-state index contributed by atoms with van der Waals surface area (Å²) < 4.78 is 5.68. The van der Waals surface area contributed by atoms with E-state index in [0.717, 1.165) is 18.6 Å². The summed E-state index contributed by atoms with van der Waals surface area (Å²) in [6, 6.07) is 0.930. The lowest BCUT2D eigenvalue weighted by Crippen LogP contribution is -2.38. The molecule has 0 aromatic heterocycles. The summed E-state index contributed by atoms with van der Waals surface area (Å²) in [5, 5.41) is 0. The Hall–Kier alpha value is -0.0800. The predicted molar refractivity (Wildman–Crippen MR) is 58.4 cm³/mol. The topological polar surface area (TPSA) is 12.5 Å². The van der Waals surface area contributed by atoms with Gasteiger partial charge < -0.3 is 9.64 Å². The van der Waals surface area contributed by atoms with Gasteiger partial charge in [-0.2, -0.15) is 0 Å². The van der Waals surface area contributed by atoms with E-state index in [9.17, 15) is 0 Å². The Morgan fingerprint density at radius 3 is 2.64 bits per heavy atom. The summed E-state index contributed by atoms with van der Waals surface area (Å²) in [6.07, 6.45) is 6.08. The molecule has 2 heteroatoms. The fourth-order valence-electron chi connectivity index (χ4n) is 2.41. The van der Waals surface area contributed by atoms with Gasteiger partial charge in [-0.25, -0.2) is 0 Å². The molecule has 0 radical (unpaired) electrons. The fraction of sp³-hybridized carbons (Fsp3) is 1.00. The maximum Gasteiger partial charge on any atom is 0.0519 e. The molecule has 2 nitrogen and oxygen atoms in total. The number of nitrogens with zero attached hydrogens (tertiary/aromatic N) is 1. The first-order valence-electron chi connectivity index (χ1n) is 6.11. The normalized spacial score (nSPS) is 29.8. The van der Waals surface area contributed by atoms with E-state index in [4.69, 9.17) is 4.74 Å². The molecule has 2 rings (SSSR count). The van der Waals surface area contributed by atoms with Crippen LogP contribution in [0, 0.1) is 5.92 Å². The van der Waals surface area contributed by atoms with Gasteiger partial charge >= 0.3 is 0 Å². The van der Waals surface area contributed by atoms with Gasteiger partial charge in [0.25, 0.3) is 0 Å². The highest BCUT2D eigenvalue weighted by Crippen LogP contribution is 2.29. The van der Waals surface area contributed by atoms with Crippen molar-refractivity contribution >= 4 is 0 Å². The van der Waals surface area contributed by atoms with Gasteiger partial charge in [-0.3, -0.25) is 0 Å². The SMILES string of the molecule is CC(C)OCC1CCN(C2CCC2)C1. The van der Waals surface area contributed by atoms with Crippen LogP contribution in [0.4, 0.5) is 0 Å². The molecule has 1 saturated heterocycles. The molecular formula is C12H23NO. The maximum atomic E-state index is 5.68. The molecule has 0 spiro atoms. The monoisotopic (exact) mass is 197 g/mol. The Kier molecular flexibility index (Phi) is 3.45. The lowest BCUT2D eigenvalue weighted by molar-refractivity contribution is 0.0495. The number of rotatable bonds is 4. The second-order valence-corrected chi connectivity index (χ2v) is 5.12. The Morgan fingerprint density at radius 2 is 2.07 bits per heavy atom. The van der Waals surface area contributed by atoms with Crippen LogP contribution in [0.25, 0.3) is 0 Å². The number of likely N-dealkylation sites (tertiary alicyclic amines) is 1. The molecule has 1 heterocycles. The highest BCUT2D eigenvalue weighted by Gasteiger charge is 2.31. The van der Waals surface area contributed by atoms with Crippen LogP contribution in [0.15, 0.2) is 0 Å². The minimum atomic E-state index is 0.396. The fourth-order valence-corrected chi connectivity index (χ4v) is 2.41. The summed E-state index contributed by atoms with van der Waals surface area (Å²) in [5.74, 6) is 0.804. The standard InChI is InChI=1S/C12H23NO/c1-10(2)14-9-11-6-7-13(8-11)12-4-3-5-12/h10-12H,3-9H2,1-2H3. The van der Waals surface area contributed by atoms with Crippen LogP contribution in [-0.2, 0) is 4.74 Å². The zero-order valence-corrected chi connectivity index (χ0v) is 9.54. The summed E-state index contributed by atoms with van der Waals surface area (Å²) in [7, 11) is 0. The Balaban J connectivity index is 1.66. The van der Waals surface area contributed by atoms with E-state index >= 15 is 0 Å². The maximum absolute atomic E-state index is 5.68. The highest BCUT2D eigenvalue weighted by atomic mass is 16.5. The lowest BCUT2D eigenvalue weighted by atomic mass is 9.92. The predicted octanol–water partition coefficient (Wildman–Crippen LogP) is 2.29. The molecule has 1 saturated carbocycles. The molecular weight excluding hydrogens is 174 g/mol. The first-order chi connectivity index (χ1) is 6.75. The molecule has 0 aromatic carbocycles. The van der Waals surface area contributed by atoms with Gasteiger partial charge in [-0.05, 0) is 45.6 Å². The first-order valence-corrected chi connectivity index (χ1v) is 6.11. The van der Waals surface area contributed by atoms with Gasteiger partial charge in [0.15, 0.2) is 0 Å². The van der Waals surface area contributed by atoms with Gasteiger partial charge in [-0.15, -0.1) is 0 Å². The van der Waals surface area contributed by atoms with Crippen molar-refractivity contribution < 1.29 is 4.74 Å². The number of hydrogen-bond donors (Lipinski definition) is 0. The summed E-state index contributed by atoms with van der Waals surface area (Å²) >= 11 is 0. The third-order valence-electron chi connectivity index (χ3n) is 3.57. The van der Waals surface area contributed by atoms with Crippen LogP contribution in [-0.4, -0.2) is 36.7 Å². The van der Waals surface area contributed by atoms with E-state index in [1.807, 2.05) is 0 Å². The highest BCUT2D eigenvalue weighted by molar-refractivity contribution is 4.86. The Labute approximate surface area is 87.6 Å². The van der Waals surface area contributed by atoms with Crippen LogP contribution in [0.5, 0.6) is 0 Å². The minimum absolute atomic E-state index is 0.396. The first kappa shape index (κ1) is 10.4. The Bertz CT molecular complexity index is 177. The van der Waals surface area contributed by atoms with Crippen LogP contribution >= 0.6 is 0 Å². The van der Waals surface area contributed by atoms with Gasteiger partial charge in [0, 0.05) is 12.6 Å². The van der Waals surface area contributed by atoms with Crippen molar-refractivity contribution in [3.8, 4) is 0 Å². The lowest BCUT2D eigenvalue weighted by Gasteiger charge is -2.34. The smallest absolute Gasteiger partial charge is 0.0519 e. The van der Waals surface area contributed by atoms with E-state index in [1.165, 1.54) is 38.8 Å². The molecule has 1 aliphatic carbocycles. The summed E-state index contributed by atoms with van der Waals surface area (Å²) in [5.41, 5.74) is 0. The van der Waals surface area contributed by atoms with Gasteiger partial charge in [-0.1, -0.05) is 6.42 Å². The van der Waals surface area contributed by atoms with Crippen molar-refractivity contribution in [1.82, 2.24) is 4.90 Å². The van der Waals surface area contributed by atoms with Crippen molar-refractivity contribution in [3.63, 3.8) is 0 Å². The van der Waals surface area contributed by atoms with E-state index in [0.29, 0.717) is 6.10 Å². The molecule has 2 fully saturated rings. The van der Waals surface area contributed by atoms with Crippen molar-refractivity contribution in [1.29, 1.82) is 0 Å². The molecule has 1 unspecified atom stereocenters. The second kappa shape index (κ2) is 4.63. The average Bonchev–Trinajstić information content (AvgIpc) is 2.46. The molecule has 82 valence electrons. The molecule has 0 bridgehead atoms. The third kappa shape index (κ3) is 2.48. The van der Waals surface area contributed by atoms with E-state index in [1.54, 1.807) is 0 Å². The molecule has 14 heavy (non-hydrogen) atoms. The Morgan fingerprint density at radius 1 is 1.29 bits per heavy atom. The van der Waals surface area contributed by atoms with Crippen LogP contribution in [0.3, 0.4) is 0 Å². The summed E-state index contributed by atoms with van der Waals surface area (Å²) in [4.78, 5) is 2.68. The van der Waals surface area contributed by atoms with E-state index in [2.05, 4.69) is 18.7 Å². The number of hydrogen-bond acceptors (Lipinski definition) is 2. The average molecular weight is 197 g/mol. The summed E-state index contributed by atoms with van der Waals surface area (Å²) in [6.45, 7) is 7.83. The van der Waals surface area contributed by atoms with Gasteiger partial charge in [0.2, 0.25) is 0 Å². The molecule has 0 amide bonds. The second-order valence-electron chi connectivity index (χ2n) is 5.12.